The van der Waals surface area contributed by atoms with Gasteiger partial charge in [-0.3, -0.25) is 11.7 Å². The Balaban J connectivity index is 0.000000578. The molecule has 5 heteroatoms. The zero-order chi connectivity index (χ0) is 42.6. The highest BCUT2D eigenvalue weighted by Gasteiger charge is 2.15. The number of hydrogen-bond acceptors (Lipinski definition) is 4. The van der Waals surface area contributed by atoms with Gasteiger partial charge in [-0.25, -0.2) is 0 Å². The van der Waals surface area contributed by atoms with Crippen molar-refractivity contribution in [2.75, 3.05) is 0 Å². The quantitative estimate of drug-likeness (QED) is 0.0856. The van der Waals surface area contributed by atoms with Gasteiger partial charge < -0.3 is 10.3 Å². The third-order valence-electron chi connectivity index (χ3n) is 8.39. The number of thiophene rings is 1. The lowest BCUT2D eigenvalue weighted by atomic mass is 10.00. The Morgan fingerprint density at radius 3 is 1.84 bits per heavy atom. The maximum atomic E-state index is 5.35. The van der Waals surface area contributed by atoms with E-state index in [0.29, 0.717) is 6.54 Å². The Morgan fingerprint density at radius 2 is 1.30 bits per heavy atom. The number of nitrogens with two attached hydrogens (primary N) is 3. The molecule has 0 aliphatic rings. The van der Waals surface area contributed by atoms with Gasteiger partial charge in [0.25, 0.3) is 0 Å². The van der Waals surface area contributed by atoms with Gasteiger partial charge in [0.2, 0.25) is 0 Å². The van der Waals surface area contributed by atoms with E-state index >= 15 is 0 Å². The fourth-order valence-electron chi connectivity index (χ4n) is 5.94. The number of hydrogen-bond donors (Lipinski definition) is 3. The van der Waals surface area contributed by atoms with Crippen LogP contribution in [-0.4, -0.2) is 4.57 Å². The smallest absolute Gasteiger partial charge is 0.0541 e. The topological polar surface area (TPSA) is 83.0 Å². The second-order valence-corrected chi connectivity index (χ2v) is 13.0. The van der Waals surface area contributed by atoms with E-state index in [1.54, 1.807) is 0 Å². The number of para-hydroxylation sites is 1. The molecule has 0 atom stereocenters. The highest BCUT2D eigenvalue weighted by Crippen LogP contribution is 2.41. The number of nitrogens with zero attached hydrogens (tertiary/aromatic N) is 1. The number of rotatable bonds is 7. The second-order valence-electron chi connectivity index (χ2n) is 11.9. The minimum Gasteiger partial charge on any atom is -0.326 e. The van der Waals surface area contributed by atoms with Gasteiger partial charge in [-0.2, -0.15) is 0 Å². The highest BCUT2D eigenvalue weighted by molar-refractivity contribution is 7.20. The molecule has 0 aliphatic heterocycles. The van der Waals surface area contributed by atoms with Gasteiger partial charge in [0.05, 0.1) is 11.0 Å². The zero-order valence-electron chi connectivity index (χ0n) is 36.2. The van der Waals surface area contributed by atoms with E-state index in [0.717, 1.165) is 6.42 Å². The van der Waals surface area contributed by atoms with Crippen molar-refractivity contribution >= 4 is 55.5 Å². The summed E-state index contributed by atoms with van der Waals surface area (Å²) in [6.45, 7) is 25.0. The van der Waals surface area contributed by atoms with Crippen LogP contribution in [0.3, 0.4) is 0 Å². The number of aromatic nitrogens is 1. The number of hydrazine groups is 1. The summed E-state index contributed by atoms with van der Waals surface area (Å²) >= 11 is 1.93. The average Bonchev–Trinajstić information content (AvgIpc) is 3.81. The van der Waals surface area contributed by atoms with E-state index in [9.17, 15) is 0 Å². The van der Waals surface area contributed by atoms with Crippen molar-refractivity contribution in [3.63, 3.8) is 0 Å². The van der Waals surface area contributed by atoms with Crippen LogP contribution in [0.5, 0.6) is 0 Å². The fraction of sp³-hybridized carbons (Fsp3) is 0.231. The third kappa shape index (κ3) is 14.3. The highest BCUT2D eigenvalue weighted by atomic mass is 32.1. The number of allylic oxidation sites excluding steroid dienone is 5. The van der Waals surface area contributed by atoms with Crippen molar-refractivity contribution in [3.05, 3.63) is 179 Å². The summed E-state index contributed by atoms with van der Waals surface area (Å²) in [6.07, 6.45) is 13.6. The molecule has 4 nitrogen and oxygen atoms in total. The van der Waals surface area contributed by atoms with Gasteiger partial charge in [0.1, 0.15) is 0 Å². The molecule has 0 saturated heterocycles. The summed E-state index contributed by atoms with van der Waals surface area (Å²) in [5.74, 6) is 8.00. The summed E-state index contributed by atoms with van der Waals surface area (Å²) in [5, 5.41) is 3.90. The maximum absolute atomic E-state index is 5.35. The third-order valence-corrected chi connectivity index (χ3v) is 9.79. The number of fused-ring (bicyclic) bond motifs is 4. The van der Waals surface area contributed by atoms with E-state index in [1.807, 2.05) is 114 Å². The molecule has 0 unspecified atom stereocenters. The van der Waals surface area contributed by atoms with Crippen LogP contribution in [0, 0.1) is 6.92 Å². The van der Waals surface area contributed by atoms with E-state index in [4.69, 9.17) is 5.73 Å². The first kappa shape index (κ1) is 49.7. The van der Waals surface area contributed by atoms with Gasteiger partial charge in [0, 0.05) is 38.5 Å². The summed E-state index contributed by atoms with van der Waals surface area (Å²) in [4.78, 5) is 1.45. The molecule has 2 aromatic heterocycles. The van der Waals surface area contributed by atoms with Gasteiger partial charge >= 0.3 is 0 Å². The Morgan fingerprint density at radius 1 is 0.719 bits per heavy atom. The number of benzene rings is 5. The zero-order valence-corrected chi connectivity index (χ0v) is 37.0. The molecule has 7 aromatic rings. The molecule has 5 aromatic carbocycles. The Labute approximate surface area is 348 Å². The van der Waals surface area contributed by atoms with E-state index < -0.39 is 0 Å². The number of aryl methyl sites for hydroxylation is 2. The Kier molecular flexibility index (Phi) is 25.3. The SMILES string of the molecule is C=C/C=C(C)\C=C/n1c2ccccc2c2ccc(-c3cccc4c(/C=C\C)c(CC)sc34)cc21.CC.CC.CC.Cc1ccccc1.NCc1ccccc1.NN. The van der Waals surface area contributed by atoms with Crippen molar-refractivity contribution in [1.29, 1.82) is 0 Å². The second kappa shape index (κ2) is 29.0. The summed E-state index contributed by atoms with van der Waals surface area (Å²) in [7, 11) is 0. The van der Waals surface area contributed by atoms with Crippen LogP contribution < -0.4 is 17.4 Å². The average molecular weight is 781 g/mol. The van der Waals surface area contributed by atoms with Gasteiger partial charge in [0.15, 0.2) is 0 Å². The molecule has 0 amide bonds. The molecule has 0 radical (unpaired) electrons. The van der Waals surface area contributed by atoms with Crippen molar-refractivity contribution in [2.24, 2.45) is 17.4 Å². The largest absolute Gasteiger partial charge is 0.326 e. The molecular formula is C52H68N4S. The van der Waals surface area contributed by atoms with E-state index in [-0.39, 0.29) is 0 Å². The molecular weight excluding hydrogens is 713 g/mol. The first-order valence-corrected chi connectivity index (χ1v) is 21.1. The van der Waals surface area contributed by atoms with Crippen LogP contribution in [0.1, 0.15) is 83.9 Å². The molecule has 57 heavy (non-hydrogen) atoms. The summed E-state index contributed by atoms with van der Waals surface area (Å²) in [5.41, 5.74) is 15.4. The molecule has 0 bridgehead atoms. The maximum Gasteiger partial charge on any atom is 0.0541 e. The first-order valence-electron chi connectivity index (χ1n) is 20.3. The van der Waals surface area contributed by atoms with Gasteiger partial charge in [-0.05, 0) is 73.2 Å². The molecule has 0 spiro atoms. The van der Waals surface area contributed by atoms with Crippen LogP contribution in [0.25, 0.3) is 55.3 Å². The molecule has 0 fully saturated rings. The first-order chi connectivity index (χ1) is 28.0. The van der Waals surface area contributed by atoms with Crippen LogP contribution in [0.2, 0.25) is 0 Å². The fourth-order valence-corrected chi connectivity index (χ4v) is 7.20. The minimum absolute atomic E-state index is 0.640. The lowest BCUT2D eigenvalue weighted by molar-refractivity contribution is 1.07. The van der Waals surface area contributed by atoms with Crippen LogP contribution in [0.4, 0.5) is 0 Å². The van der Waals surface area contributed by atoms with Gasteiger partial charge in [-0.1, -0.05) is 194 Å². The van der Waals surface area contributed by atoms with Crippen LogP contribution in [0.15, 0.2) is 158 Å². The predicted octanol–water partition coefficient (Wildman–Crippen LogP) is 14.9. The lowest BCUT2D eigenvalue weighted by Gasteiger charge is -2.06. The summed E-state index contributed by atoms with van der Waals surface area (Å²) < 4.78 is 3.68. The molecule has 7 rings (SSSR count). The molecule has 0 aliphatic carbocycles. The molecule has 302 valence electrons. The standard InChI is InChI=1S/C32H29NS.C7H9N.C7H8.3C2H6.H4N2/c1-5-11-22(4)19-20-33-29-16-9-8-13-25(29)26-18-17-23(21-30(26)33)24-14-10-15-28-27(12-6-2)31(7-3)34-32(24)28;8-6-7-4-2-1-3-5-7;1-7-5-3-2-4-6-7;4*1-2/h5-6,8-21H,1,7H2,2-4H3;1-5H,6,8H2;2-6H,1H3;3*1-2H3;1-2H2/b12-6-,20-19-,22-11-;;;;;;. The summed E-state index contributed by atoms with van der Waals surface area (Å²) in [6, 6.07) is 42.5. The van der Waals surface area contributed by atoms with Crippen LogP contribution in [-0.2, 0) is 13.0 Å². The van der Waals surface area contributed by atoms with E-state index in [1.165, 1.54) is 70.2 Å². The van der Waals surface area contributed by atoms with Crippen molar-refractivity contribution < 1.29 is 0 Å². The molecule has 2 heterocycles. The molecule has 0 saturated carbocycles. The normalized spacial score (nSPS) is 10.4. The Bertz CT molecular complexity index is 2240. The lowest BCUT2D eigenvalue weighted by Crippen LogP contribution is -2.02. The predicted molar refractivity (Wildman–Crippen MR) is 262 cm³/mol. The molecule has 6 N–H and O–H groups in total. The monoisotopic (exact) mass is 781 g/mol. The van der Waals surface area contributed by atoms with Crippen molar-refractivity contribution in [1.82, 2.24) is 4.57 Å². The van der Waals surface area contributed by atoms with Crippen molar-refractivity contribution in [3.8, 4) is 11.1 Å². The van der Waals surface area contributed by atoms with E-state index in [2.05, 4.69) is 148 Å². The van der Waals surface area contributed by atoms with Crippen LogP contribution >= 0.6 is 11.3 Å². The van der Waals surface area contributed by atoms with Gasteiger partial charge in [-0.15, -0.1) is 11.3 Å². The minimum atomic E-state index is 0.640. The van der Waals surface area contributed by atoms with Crippen molar-refractivity contribution in [2.45, 2.75) is 82.2 Å². The Hall–Kier alpha value is -5.30.